The van der Waals surface area contributed by atoms with Crippen LogP contribution in [0.3, 0.4) is 0 Å². The molecular weight excluding hydrogens is 546 g/mol. The lowest BCUT2D eigenvalue weighted by Crippen LogP contribution is -2.37. The molecule has 19 nitrogen and oxygen atoms in total. The molecule has 0 spiro atoms. The van der Waals surface area contributed by atoms with Crippen LogP contribution in [0.5, 0.6) is 0 Å². The maximum atomic E-state index is 12.1. The lowest BCUT2D eigenvalue weighted by atomic mass is 10.1. The van der Waals surface area contributed by atoms with Crippen LogP contribution in [0.25, 0.3) is 11.2 Å². The van der Waals surface area contributed by atoms with Gasteiger partial charge in [0.2, 0.25) is 5.95 Å². The minimum Gasteiger partial charge on any atom is -0.756 e. The van der Waals surface area contributed by atoms with E-state index >= 15 is 0 Å². The topological polar surface area (TPSA) is 300 Å². The zero-order valence-corrected chi connectivity index (χ0v) is 20.7. The molecule has 6 unspecified atom stereocenters. The summed E-state index contributed by atoms with van der Waals surface area (Å²) in [5.74, 6) is -0.259. The summed E-state index contributed by atoms with van der Waals surface area (Å²) in [4.78, 5) is 45.9. The number of nitrogens with two attached hydrogens (primary N) is 1. The summed E-state index contributed by atoms with van der Waals surface area (Å²) in [7, 11) is -11.1. The van der Waals surface area contributed by atoms with Crippen molar-refractivity contribution in [3.8, 4) is 0 Å². The Morgan fingerprint density at radius 3 is 2.38 bits per heavy atom. The number of anilines is 1. The lowest BCUT2D eigenvalue weighted by Gasteiger charge is -2.32. The molecule has 0 aromatic carbocycles. The number of imidazole rings is 1. The summed E-state index contributed by atoms with van der Waals surface area (Å²) in [6, 6.07) is -1.60. The minimum atomic E-state index is -5.59. The highest BCUT2D eigenvalue weighted by Gasteiger charge is 2.45. The second-order valence-electron chi connectivity index (χ2n) is 8.43. The van der Waals surface area contributed by atoms with Gasteiger partial charge in [-0.25, -0.2) is 9.29 Å². The van der Waals surface area contributed by atoms with Crippen molar-refractivity contribution in [1.82, 2.24) is 24.8 Å². The molecule has 2 aliphatic heterocycles. The fraction of sp³-hybridized carbons (Fsp3) is 0.688. The van der Waals surface area contributed by atoms with Crippen LogP contribution in [0, 0.1) is 0 Å². The minimum absolute atomic E-state index is 0.0925. The smallest absolute Gasteiger partial charge is 0.280 e. The van der Waals surface area contributed by atoms with Crippen molar-refractivity contribution in [3.05, 3.63) is 16.7 Å². The van der Waals surface area contributed by atoms with Gasteiger partial charge in [0.15, 0.2) is 17.4 Å². The Kier molecular flexibility index (Phi) is 7.91. The van der Waals surface area contributed by atoms with Gasteiger partial charge in [-0.1, -0.05) is 0 Å². The number of fused-ring (bicyclic) bond motifs is 1. The molecule has 0 aliphatic carbocycles. The van der Waals surface area contributed by atoms with Crippen LogP contribution >= 0.6 is 15.6 Å². The van der Waals surface area contributed by atoms with E-state index in [4.69, 9.17) is 10.5 Å². The summed E-state index contributed by atoms with van der Waals surface area (Å²) >= 11 is 0. The largest absolute Gasteiger partial charge is 0.756 e. The summed E-state index contributed by atoms with van der Waals surface area (Å²) in [5.41, 5.74) is 4.60. The predicted octanol–water partition coefficient (Wildman–Crippen LogP) is -4.61. The second-order valence-corrected chi connectivity index (χ2v) is 11.4. The summed E-state index contributed by atoms with van der Waals surface area (Å²) in [5, 5.41) is 42.8. The van der Waals surface area contributed by atoms with Gasteiger partial charge in [-0.2, -0.15) is 4.98 Å². The lowest BCUT2D eigenvalue weighted by molar-refractivity contribution is -0.245. The number of aromatic amines is 1. The van der Waals surface area contributed by atoms with E-state index < -0.39 is 83.2 Å². The highest BCUT2D eigenvalue weighted by atomic mass is 31.3. The van der Waals surface area contributed by atoms with Gasteiger partial charge in [0.05, 0.1) is 37.8 Å². The van der Waals surface area contributed by atoms with Gasteiger partial charge in [0.25, 0.3) is 21.2 Å². The number of aromatic nitrogens is 4. The van der Waals surface area contributed by atoms with E-state index in [2.05, 4.69) is 33.6 Å². The number of hydrogen-bond donors (Lipinski definition) is 7. The molecule has 208 valence electrons. The third kappa shape index (κ3) is 5.94. The molecule has 2 aromatic rings. The molecule has 0 saturated carbocycles. The molecule has 10 atom stereocenters. The van der Waals surface area contributed by atoms with Crippen molar-refractivity contribution in [2.45, 2.75) is 55.8 Å². The van der Waals surface area contributed by atoms with Crippen LogP contribution < -0.4 is 26.4 Å². The fourth-order valence-electron chi connectivity index (χ4n) is 3.95. The maximum Gasteiger partial charge on any atom is 0.280 e. The average Bonchev–Trinajstić information content (AvgIpc) is 3.41. The van der Waals surface area contributed by atoms with Crippen LogP contribution in [0.1, 0.15) is 13.2 Å². The highest BCUT2D eigenvalue weighted by Crippen LogP contribution is 2.56. The van der Waals surface area contributed by atoms with Crippen molar-refractivity contribution >= 4 is 32.8 Å². The fourth-order valence-corrected chi connectivity index (χ4v) is 5.98. The third-order valence-corrected chi connectivity index (χ3v) is 8.35. The first-order valence-corrected chi connectivity index (χ1v) is 13.6. The van der Waals surface area contributed by atoms with E-state index in [1.165, 1.54) is 6.92 Å². The van der Waals surface area contributed by atoms with Crippen LogP contribution in [-0.2, 0) is 27.2 Å². The zero-order chi connectivity index (χ0) is 27.3. The van der Waals surface area contributed by atoms with Crippen LogP contribution in [-0.4, -0.2) is 95.8 Å². The van der Waals surface area contributed by atoms with E-state index in [-0.39, 0.29) is 17.1 Å². The van der Waals surface area contributed by atoms with Gasteiger partial charge in [-0.3, -0.25) is 23.5 Å². The van der Waals surface area contributed by atoms with Crippen molar-refractivity contribution in [2.24, 2.45) is 0 Å². The Morgan fingerprint density at radius 2 is 1.76 bits per heavy atom. The molecule has 2 saturated heterocycles. The van der Waals surface area contributed by atoms with Crippen molar-refractivity contribution < 1.29 is 57.4 Å². The second kappa shape index (κ2) is 10.4. The van der Waals surface area contributed by atoms with Gasteiger partial charge in [-0.15, -0.1) is 0 Å². The average molecular weight is 570 g/mol. The Labute approximate surface area is 207 Å². The number of rotatable bonds is 9. The number of H-pyrrole nitrogens is 1. The molecular formula is C16H24N6O13P2-2. The molecule has 0 radical (unpaired) electrons. The van der Waals surface area contributed by atoms with Crippen LogP contribution in [0.2, 0.25) is 0 Å². The zero-order valence-electron chi connectivity index (χ0n) is 18.9. The van der Waals surface area contributed by atoms with E-state index in [0.717, 1.165) is 10.9 Å². The first-order chi connectivity index (χ1) is 17.2. The molecule has 0 amide bonds. The molecule has 2 aliphatic rings. The Bertz CT molecular complexity index is 1290. The molecule has 4 rings (SSSR count). The van der Waals surface area contributed by atoms with Gasteiger partial charge >= 0.3 is 0 Å². The quantitative estimate of drug-likeness (QED) is 0.139. The summed E-state index contributed by atoms with van der Waals surface area (Å²) in [6.45, 7) is -0.199. The molecule has 2 fully saturated rings. The van der Waals surface area contributed by atoms with E-state index in [1.807, 2.05) is 0 Å². The number of nitrogens with one attached hydrogen (secondary N) is 2. The molecule has 8 N–H and O–H groups in total. The van der Waals surface area contributed by atoms with Gasteiger partial charge in [0.1, 0.15) is 18.3 Å². The van der Waals surface area contributed by atoms with E-state index in [1.54, 1.807) is 0 Å². The molecule has 0 bridgehead atoms. The first-order valence-electron chi connectivity index (χ1n) is 10.7. The Morgan fingerprint density at radius 1 is 1.11 bits per heavy atom. The Balaban J connectivity index is 1.36. The standard InChI is InChI=1S/C16H26N6O13P2/c1-5-9(23)10(24)6(19-5)2-32-36(28,29)35-37(30,31)33-3-7-11(25)12(26)15(34-7)22-4-18-8-13(22)20-16(17)21-14(8)27/h4-7,9-12,15,19,23-26H,2-3H2,1H3,(H,28,29)(H,30,31)(H3,17,20,21,27)/p-2/t5?,6-,7+,9+,10?,11?,12?,15+/m0/s1. The van der Waals surface area contributed by atoms with Crippen molar-refractivity contribution in [1.29, 1.82) is 0 Å². The number of nitrogen functional groups attached to an aromatic ring is 1. The number of aliphatic hydroxyl groups excluding tert-OH is 4. The number of phosphoric ester groups is 2. The molecule has 21 heteroatoms. The van der Waals surface area contributed by atoms with Gasteiger partial charge in [0, 0.05) is 6.04 Å². The monoisotopic (exact) mass is 570 g/mol. The van der Waals surface area contributed by atoms with Crippen LogP contribution in [0.15, 0.2) is 11.1 Å². The molecule has 2 aromatic heterocycles. The SMILES string of the molecule is CC1N[C@@H](COP(=O)([O-])OP(=O)([O-])OC[C@H]2O[C@@H](n3cnc4c(=O)[nH]c(N)nc43)C(O)C2O)C(O)[C@@H]1O. The number of phosphoric acid groups is 2. The van der Waals surface area contributed by atoms with Crippen molar-refractivity contribution in [3.63, 3.8) is 0 Å². The summed E-state index contributed by atoms with van der Waals surface area (Å²) in [6.07, 6.45) is -7.78. The number of aliphatic hydroxyl groups is 4. The predicted molar refractivity (Wildman–Crippen MR) is 115 cm³/mol. The van der Waals surface area contributed by atoms with E-state index in [0.29, 0.717) is 0 Å². The first kappa shape index (κ1) is 28.2. The number of hydrogen-bond acceptors (Lipinski definition) is 17. The van der Waals surface area contributed by atoms with Crippen molar-refractivity contribution in [2.75, 3.05) is 18.9 Å². The van der Waals surface area contributed by atoms with Gasteiger partial charge < -0.3 is 55.0 Å². The highest BCUT2D eigenvalue weighted by molar-refractivity contribution is 7.59. The normalized spacial score (nSPS) is 35.5. The number of nitrogens with zero attached hydrogens (tertiary/aromatic N) is 3. The molecule has 37 heavy (non-hydrogen) atoms. The van der Waals surface area contributed by atoms with E-state index in [9.17, 15) is 44.1 Å². The summed E-state index contributed by atoms with van der Waals surface area (Å²) < 4.78 is 43.5. The number of ether oxygens (including phenoxy) is 1. The molecule has 4 heterocycles. The van der Waals surface area contributed by atoms with Gasteiger partial charge in [-0.05, 0) is 6.92 Å². The maximum absolute atomic E-state index is 12.1. The van der Waals surface area contributed by atoms with Crippen LogP contribution in [0.4, 0.5) is 5.95 Å². The third-order valence-electron chi connectivity index (χ3n) is 5.82. The Hall–Kier alpha value is -1.83.